The van der Waals surface area contributed by atoms with Crippen LogP contribution in [-0.2, 0) is 6.42 Å². The van der Waals surface area contributed by atoms with E-state index >= 15 is 0 Å². The summed E-state index contributed by atoms with van der Waals surface area (Å²) in [5, 5.41) is 11.2. The smallest absolute Gasteiger partial charge is 0.158 e. The highest BCUT2D eigenvalue weighted by Crippen LogP contribution is 2.30. The van der Waals surface area contributed by atoms with E-state index in [1.165, 1.54) is 0 Å². The number of hydrogen-bond acceptors (Lipinski definition) is 6. The van der Waals surface area contributed by atoms with Crippen molar-refractivity contribution in [1.82, 2.24) is 15.0 Å². The van der Waals surface area contributed by atoms with Gasteiger partial charge in [-0.15, -0.1) is 0 Å². The van der Waals surface area contributed by atoms with Gasteiger partial charge >= 0.3 is 0 Å². The number of fused-ring (bicyclic) bond motifs is 2. The molecule has 3 aromatic heterocycles. The summed E-state index contributed by atoms with van der Waals surface area (Å²) in [6.07, 6.45) is 3.26. The van der Waals surface area contributed by atoms with Crippen LogP contribution in [0.2, 0.25) is 0 Å². The van der Waals surface area contributed by atoms with Gasteiger partial charge in [-0.3, -0.25) is 0 Å². The molecule has 1 N–H and O–H groups in total. The second kappa shape index (κ2) is 9.25. The Morgan fingerprint density at radius 2 is 1.72 bits per heavy atom. The summed E-state index contributed by atoms with van der Waals surface area (Å²) in [5.41, 5.74) is 2.47. The van der Waals surface area contributed by atoms with Crippen LogP contribution in [0.5, 0.6) is 0 Å². The van der Waals surface area contributed by atoms with Crippen molar-refractivity contribution in [3.05, 3.63) is 48.3 Å². The van der Waals surface area contributed by atoms with E-state index in [4.69, 9.17) is 19.4 Å². The van der Waals surface area contributed by atoms with Crippen LogP contribution in [0.25, 0.3) is 33.5 Å². The Hall–Kier alpha value is -2.99. The number of nitrogens with zero attached hydrogens (tertiary/aromatic N) is 4. The normalized spacial score (nSPS) is 12.0. The van der Waals surface area contributed by atoms with Crippen molar-refractivity contribution in [2.75, 3.05) is 18.0 Å². The van der Waals surface area contributed by atoms with E-state index in [0.29, 0.717) is 12.8 Å². The minimum atomic E-state index is -0.756. The first-order valence-corrected chi connectivity index (χ1v) is 11.5. The maximum Gasteiger partial charge on any atom is 0.158 e. The number of hydrogen-bond donors (Lipinski definition) is 1. The quantitative estimate of drug-likeness (QED) is 0.362. The summed E-state index contributed by atoms with van der Waals surface area (Å²) in [6, 6.07) is 14.0. The standard InChI is InChI=1S/C26H32N4O2/c1-5-15-30(16-6-2)25-24-20(27-23(29-25)13-14-26(3,4)31)12-11-19(28-24)22-17-18-9-7-8-10-21(18)32-22/h7-12,17,31H,5-6,13-16H2,1-4H3. The molecule has 0 unspecified atom stereocenters. The zero-order chi connectivity index (χ0) is 22.7. The second-order valence-corrected chi connectivity index (χ2v) is 8.98. The van der Waals surface area contributed by atoms with Crippen molar-refractivity contribution in [2.45, 2.75) is 59.0 Å². The van der Waals surface area contributed by atoms with Gasteiger partial charge in [0, 0.05) is 24.9 Å². The third kappa shape index (κ3) is 4.91. The molecule has 168 valence electrons. The number of aromatic nitrogens is 3. The highest BCUT2D eigenvalue weighted by atomic mass is 16.3. The van der Waals surface area contributed by atoms with Gasteiger partial charge in [0.1, 0.15) is 22.6 Å². The molecule has 6 heteroatoms. The molecule has 0 saturated heterocycles. The number of rotatable bonds is 9. The number of anilines is 1. The van der Waals surface area contributed by atoms with Gasteiger partial charge in [-0.2, -0.15) is 0 Å². The Labute approximate surface area is 189 Å². The van der Waals surface area contributed by atoms with E-state index in [2.05, 4.69) is 18.7 Å². The molecule has 0 aliphatic rings. The molecule has 0 bridgehead atoms. The van der Waals surface area contributed by atoms with E-state index in [-0.39, 0.29) is 0 Å². The summed E-state index contributed by atoms with van der Waals surface area (Å²) in [5.74, 6) is 2.34. The van der Waals surface area contributed by atoms with E-state index in [9.17, 15) is 5.11 Å². The Morgan fingerprint density at radius 3 is 2.41 bits per heavy atom. The number of benzene rings is 1. The SMILES string of the molecule is CCCN(CCC)c1nc(CCC(C)(C)O)nc2ccc(-c3cc4ccccc4o3)nc12. The highest BCUT2D eigenvalue weighted by molar-refractivity contribution is 5.89. The molecule has 6 nitrogen and oxygen atoms in total. The van der Waals surface area contributed by atoms with Crippen LogP contribution < -0.4 is 4.90 Å². The van der Waals surface area contributed by atoms with Gasteiger partial charge in [0.05, 0.1) is 11.1 Å². The van der Waals surface area contributed by atoms with Gasteiger partial charge in [-0.1, -0.05) is 32.0 Å². The van der Waals surface area contributed by atoms with Crippen molar-refractivity contribution in [3.8, 4) is 11.5 Å². The minimum absolute atomic E-state index is 0.601. The Balaban J connectivity index is 1.82. The van der Waals surface area contributed by atoms with E-state index in [1.807, 2.05) is 56.3 Å². The molecule has 0 atom stereocenters. The first kappa shape index (κ1) is 22.2. The molecule has 1 aromatic carbocycles. The van der Waals surface area contributed by atoms with Crippen LogP contribution in [0.3, 0.4) is 0 Å². The van der Waals surface area contributed by atoms with E-state index < -0.39 is 5.60 Å². The van der Waals surface area contributed by atoms with Crippen molar-refractivity contribution in [1.29, 1.82) is 0 Å². The Bertz CT molecular complexity index is 1170. The number of furan rings is 1. The third-order valence-electron chi connectivity index (χ3n) is 5.50. The van der Waals surface area contributed by atoms with Crippen LogP contribution in [0, 0.1) is 0 Å². The maximum absolute atomic E-state index is 10.2. The predicted molar refractivity (Wildman–Crippen MR) is 130 cm³/mol. The summed E-state index contributed by atoms with van der Waals surface area (Å²) in [7, 11) is 0. The first-order valence-electron chi connectivity index (χ1n) is 11.5. The van der Waals surface area contributed by atoms with Gasteiger partial charge in [0.15, 0.2) is 11.6 Å². The van der Waals surface area contributed by atoms with Gasteiger partial charge in [-0.05, 0) is 57.4 Å². The lowest BCUT2D eigenvalue weighted by atomic mass is 10.0. The lowest BCUT2D eigenvalue weighted by Crippen LogP contribution is -2.27. The van der Waals surface area contributed by atoms with Crippen molar-refractivity contribution in [2.24, 2.45) is 0 Å². The molecule has 0 saturated carbocycles. The number of aliphatic hydroxyl groups is 1. The number of aryl methyl sites for hydroxylation is 1. The molecule has 0 aliphatic carbocycles. The highest BCUT2D eigenvalue weighted by Gasteiger charge is 2.19. The lowest BCUT2D eigenvalue weighted by Gasteiger charge is -2.24. The fourth-order valence-electron chi connectivity index (χ4n) is 3.90. The summed E-state index contributed by atoms with van der Waals surface area (Å²) in [4.78, 5) is 17.0. The molecule has 0 amide bonds. The molecule has 0 spiro atoms. The van der Waals surface area contributed by atoms with Crippen molar-refractivity contribution in [3.63, 3.8) is 0 Å². The van der Waals surface area contributed by atoms with Crippen LogP contribution in [0.15, 0.2) is 46.9 Å². The number of pyridine rings is 1. The molecule has 32 heavy (non-hydrogen) atoms. The maximum atomic E-state index is 10.2. The van der Waals surface area contributed by atoms with Crippen molar-refractivity contribution < 1.29 is 9.52 Å². The Kier molecular flexibility index (Phi) is 6.42. The first-order chi connectivity index (χ1) is 15.4. The largest absolute Gasteiger partial charge is 0.454 e. The third-order valence-corrected chi connectivity index (χ3v) is 5.50. The van der Waals surface area contributed by atoms with Crippen LogP contribution in [-0.4, -0.2) is 38.7 Å². The fraction of sp³-hybridized carbons (Fsp3) is 0.423. The molecular weight excluding hydrogens is 400 g/mol. The molecule has 4 aromatic rings. The van der Waals surface area contributed by atoms with E-state index in [1.54, 1.807) is 0 Å². The molecule has 0 radical (unpaired) electrons. The zero-order valence-electron chi connectivity index (χ0n) is 19.4. The number of para-hydroxylation sites is 1. The van der Waals surface area contributed by atoms with Crippen LogP contribution >= 0.6 is 0 Å². The molecule has 0 fully saturated rings. The fourth-order valence-corrected chi connectivity index (χ4v) is 3.90. The predicted octanol–water partition coefficient (Wildman–Crippen LogP) is 5.77. The van der Waals surface area contributed by atoms with Gasteiger partial charge < -0.3 is 14.4 Å². The van der Waals surface area contributed by atoms with Gasteiger partial charge in [-0.25, -0.2) is 15.0 Å². The minimum Gasteiger partial charge on any atom is -0.454 e. The Morgan fingerprint density at radius 1 is 0.969 bits per heavy atom. The van der Waals surface area contributed by atoms with Crippen LogP contribution in [0.1, 0.15) is 52.8 Å². The van der Waals surface area contributed by atoms with E-state index in [0.717, 1.165) is 71.0 Å². The average molecular weight is 433 g/mol. The molecule has 3 heterocycles. The van der Waals surface area contributed by atoms with Crippen molar-refractivity contribution >= 4 is 27.8 Å². The topological polar surface area (TPSA) is 75.3 Å². The second-order valence-electron chi connectivity index (χ2n) is 8.98. The van der Waals surface area contributed by atoms with Gasteiger partial charge in [0.2, 0.25) is 0 Å². The lowest BCUT2D eigenvalue weighted by molar-refractivity contribution is 0.0708. The molecule has 4 rings (SSSR count). The summed E-state index contributed by atoms with van der Waals surface area (Å²) < 4.78 is 6.05. The zero-order valence-corrected chi connectivity index (χ0v) is 19.4. The van der Waals surface area contributed by atoms with Crippen LogP contribution in [0.4, 0.5) is 5.82 Å². The summed E-state index contributed by atoms with van der Waals surface area (Å²) >= 11 is 0. The summed E-state index contributed by atoms with van der Waals surface area (Å²) in [6.45, 7) is 9.79. The monoisotopic (exact) mass is 432 g/mol. The van der Waals surface area contributed by atoms with Gasteiger partial charge in [0.25, 0.3) is 0 Å². The average Bonchev–Trinajstić information content (AvgIpc) is 3.20. The molecule has 0 aliphatic heterocycles. The molecular formula is C26H32N4O2.